The van der Waals surface area contributed by atoms with Crippen LogP contribution in [0.4, 0.5) is 16.2 Å². The Labute approximate surface area is 231 Å². The fourth-order valence-corrected chi connectivity index (χ4v) is 5.71. The van der Waals surface area contributed by atoms with Crippen LogP contribution in [0.2, 0.25) is 0 Å². The van der Waals surface area contributed by atoms with Crippen molar-refractivity contribution in [1.29, 1.82) is 0 Å². The molecular weight excluding hydrogens is 508 g/mol. The number of carbonyl (C=O) groups excluding carboxylic acids is 3. The van der Waals surface area contributed by atoms with Crippen LogP contribution in [0.15, 0.2) is 47.5 Å². The van der Waals surface area contributed by atoms with E-state index < -0.39 is 18.1 Å². The van der Waals surface area contributed by atoms with Crippen LogP contribution in [0.1, 0.15) is 56.1 Å². The van der Waals surface area contributed by atoms with Gasteiger partial charge in [-0.25, -0.2) is 9.89 Å². The monoisotopic (exact) mass is 540 g/mol. The first-order valence-electron chi connectivity index (χ1n) is 13.9. The maximum Gasteiger partial charge on any atom is 0.321 e. The molecule has 2 aromatic carbocycles. The van der Waals surface area contributed by atoms with Crippen molar-refractivity contribution in [2.45, 2.75) is 58.0 Å². The number of benzodiazepines with no additional fused rings is 1. The molecule has 206 valence electrons. The van der Waals surface area contributed by atoms with Gasteiger partial charge in [0.05, 0.1) is 17.9 Å². The number of para-hydroxylation sites is 1. The third kappa shape index (κ3) is 5.36. The molecule has 2 saturated carbocycles. The average molecular weight is 541 g/mol. The van der Waals surface area contributed by atoms with E-state index in [1.165, 1.54) is 6.42 Å². The molecule has 11 nitrogen and oxygen atoms in total. The topological polar surface area (TPSA) is 145 Å². The minimum Gasteiger partial charge on any atom is -0.308 e. The number of aliphatic imine (C=N–C) groups is 1. The molecule has 0 bridgehead atoms. The third-order valence-corrected chi connectivity index (χ3v) is 7.90. The molecule has 1 unspecified atom stereocenters. The lowest BCUT2D eigenvalue weighted by Gasteiger charge is -2.27. The fourth-order valence-electron chi connectivity index (χ4n) is 5.71. The number of nitrogens with one attached hydrogen (secondary N) is 3. The molecule has 3 aromatic rings. The van der Waals surface area contributed by atoms with Crippen molar-refractivity contribution in [3.05, 3.63) is 53.6 Å². The van der Waals surface area contributed by atoms with Crippen LogP contribution in [0.5, 0.6) is 0 Å². The molecule has 40 heavy (non-hydrogen) atoms. The molecule has 0 radical (unpaired) electrons. The number of anilines is 2. The summed E-state index contributed by atoms with van der Waals surface area (Å²) >= 11 is 0. The lowest BCUT2D eigenvalue weighted by molar-refractivity contribution is -0.124. The fraction of sp³-hybridized carbons (Fsp3) is 0.414. The summed E-state index contributed by atoms with van der Waals surface area (Å²) in [5.74, 6) is 0.288. The summed E-state index contributed by atoms with van der Waals surface area (Å²) in [6.07, 6.45) is 5.87. The van der Waals surface area contributed by atoms with Gasteiger partial charge in [-0.1, -0.05) is 49.6 Å². The van der Waals surface area contributed by atoms with Crippen molar-refractivity contribution < 1.29 is 14.4 Å². The summed E-state index contributed by atoms with van der Waals surface area (Å²) in [7, 11) is 0. The van der Waals surface area contributed by atoms with Gasteiger partial charge in [-0.05, 0) is 60.7 Å². The van der Waals surface area contributed by atoms with Gasteiger partial charge >= 0.3 is 6.03 Å². The van der Waals surface area contributed by atoms with Crippen molar-refractivity contribution in [2.75, 3.05) is 16.8 Å². The third-order valence-electron chi connectivity index (χ3n) is 7.90. The molecule has 2 heterocycles. The van der Waals surface area contributed by atoms with Gasteiger partial charge in [0.1, 0.15) is 0 Å². The molecule has 0 saturated heterocycles. The van der Waals surface area contributed by atoms with Crippen LogP contribution in [-0.2, 0) is 9.59 Å². The zero-order chi connectivity index (χ0) is 27.6. The first kappa shape index (κ1) is 25.8. The number of hydrogen-bond donors (Lipinski definition) is 3. The van der Waals surface area contributed by atoms with Crippen LogP contribution in [0.3, 0.4) is 0 Å². The number of rotatable bonds is 7. The standard InChI is InChI=1S/C29H32N8O3/c1-17-7-5-12-22-24(19-8-3-2-4-9-19)31-27(28(39)37(25(17)22)16-23(38)18-13-14-18)32-29(40)30-21-11-6-10-20(15-21)26-33-35-36-34-26/h5-7,10-12,15,18-19,27H,2-4,8-9,13-14,16H2,1H3,(H2,30,32,40)(H,33,34,35,36). The first-order valence-corrected chi connectivity index (χ1v) is 13.9. The second kappa shape index (κ2) is 11.0. The number of aryl methyl sites for hydroxylation is 1. The van der Waals surface area contributed by atoms with E-state index in [1.807, 2.05) is 31.2 Å². The summed E-state index contributed by atoms with van der Waals surface area (Å²) < 4.78 is 0. The predicted octanol–water partition coefficient (Wildman–Crippen LogP) is 4.02. The van der Waals surface area contributed by atoms with Gasteiger partial charge < -0.3 is 15.5 Å². The summed E-state index contributed by atoms with van der Waals surface area (Å²) in [6.45, 7) is 1.93. The first-order chi connectivity index (χ1) is 19.5. The molecule has 1 aliphatic heterocycles. The lowest BCUT2D eigenvalue weighted by Crippen LogP contribution is -2.50. The molecule has 11 heteroatoms. The molecule has 6 rings (SSSR count). The van der Waals surface area contributed by atoms with Crippen molar-refractivity contribution in [3.8, 4) is 11.4 Å². The van der Waals surface area contributed by atoms with Crippen LogP contribution in [-0.4, -0.2) is 56.8 Å². The van der Waals surface area contributed by atoms with Crippen LogP contribution < -0.4 is 15.5 Å². The van der Waals surface area contributed by atoms with Crippen LogP contribution >= 0.6 is 0 Å². The Morgan fingerprint density at radius 2 is 1.85 bits per heavy atom. The smallest absolute Gasteiger partial charge is 0.308 e. The van der Waals surface area contributed by atoms with E-state index in [4.69, 9.17) is 4.99 Å². The van der Waals surface area contributed by atoms with Gasteiger partial charge in [0.15, 0.2) is 11.6 Å². The van der Waals surface area contributed by atoms with E-state index in [0.29, 0.717) is 17.1 Å². The van der Waals surface area contributed by atoms with E-state index in [9.17, 15) is 14.4 Å². The highest BCUT2D eigenvalue weighted by Gasteiger charge is 2.39. The molecule has 2 fully saturated rings. The number of hydrogen-bond acceptors (Lipinski definition) is 7. The Balaban J connectivity index is 1.32. The molecule has 1 atom stereocenters. The molecule has 3 aliphatic rings. The minimum absolute atomic E-state index is 0.00352. The number of Topliss-reactive ketones (excluding diaryl/α,β-unsaturated/α-hetero) is 1. The second-order valence-corrected chi connectivity index (χ2v) is 10.8. The van der Waals surface area contributed by atoms with E-state index in [0.717, 1.165) is 61.1 Å². The number of nitrogens with zero attached hydrogens (tertiary/aromatic N) is 5. The largest absolute Gasteiger partial charge is 0.321 e. The number of benzene rings is 2. The van der Waals surface area contributed by atoms with Gasteiger partial charge in [-0.3, -0.25) is 14.6 Å². The Bertz CT molecular complexity index is 1460. The lowest BCUT2D eigenvalue weighted by atomic mass is 9.82. The second-order valence-electron chi connectivity index (χ2n) is 10.8. The van der Waals surface area contributed by atoms with Gasteiger partial charge in [0, 0.05) is 28.7 Å². The van der Waals surface area contributed by atoms with Gasteiger partial charge in [-0.15, -0.1) is 5.10 Å². The molecule has 3 amide bonds. The zero-order valence-corrected chi connectivity index (χ0v) is 22.4. The number of aromatic nitrogens is 4. The Hall–Kier alpha value is -4.41. The van der Waals surface area contributed by atoms with E-state index in [1.54, 1.807) is 23.1 Å². The van der Waals surface area contributed by atoms with Crippen LogP contribution in [0, 0.1) is 18.8 Å². The van der Waals surface area contributed by atoms with Crippen LogP contribution in [0.25, 0.3) is 11.4 Å². The number of tetrazole rings is 1. The van der Waals surface area contributed by atoms with Gasteiger partial charge in [-0.2, -0.15) is 0 Å². The molecule has 2 aliphatic carbocycles. The number of fused-ring (bicyclic) bond motifs is 1. The Morgan fingerprint density at radius 1 is 1.05 bits per heavy atom. The van der Waals surface area contributed by atoms with Gasteiger partial charge in [0.2, 0.25) is 6.17 Å². The normalized spacial score (nSPS) is 19.4. The number of ketones is 1. The molecular formula is C29H32N8O3. The average Bonchev–Trinajstić information content (AvgIpc) is 3.69. The molecule has 1 aromatic heterocycles. The van der Waals surface area contributed by atoms with Crippen molar-refractivity contribution in [2.24, 2.45) is 16.8 Å². The Kier molecular flexibility index (Phi) is 7.10. The Morgan fingerprint density at radius 3 is 2.60 bits per heavy atom. The van der Waals surface area contributed by atoms with E-state index in [-0.39, 0.29) is 24.2 Å². The highest BCUT2D eigenvalue weighted by Crippen LogP contribution is 2.37. The van der Waals surface area contributed by atoms with E-state index >= 15 is 0 Å². The van der Waals surface area contributed by atoms with Crippen molar-refractivity contribution in [1.82, 2.24) is 25.9 Å². The summed E-state index contributed by atoms with van der Waals surface area (Å²) in [5.41, 5.74) is 4.54. The summed E-state index contributed by atoms with van der Waals surface area (Å²) in [4.78, 5) is 46.8. The molecule has 0 spiro atoms. The maximum absolute atomic E-state index is 14.1. The van der Waals surface area contributed by atoms with Gasteiger partial charge in [0.25, 0.3) is 5.91 Å². The number of amides is 3. The highest BCUT2D eigenvalue weighted by molar-refractivity contribution is 6.16. The number of urea groups is 1. The molecule has 3 N–H and O–H groups in total. The minimum atomic E-state index is -1.17. The van der Waals surface area contributed by atoms with Crippen molar-refractivity contribution in [3.63, 3.8) is 0 Å². The summed E-state index contributed by atoms with van der Waals surface area (Å²) in [5, 5.41) is 19.4. The number of aromatic amines is 1. The zero-order valence-electron chi connectivity index (χ0n) is 22.4. The highest BCUT2D eigenvalue weighted by atomic mass is 16.2. The number of carbonyl (C=O) groups is 3. The predicted molar refractivity (Wildman–Crippen MR) is 150 cm³/mol. The van der Waals surface area contributed by atoms with Crippen molar-refractivity contribution >= 4 is 34.8 Å². The summed E-state index contributed by atoms with van der Waals surface area (Å²) in [6, 6.07) is 12.4. The number of H-pyrrole nitrogens is 1. The van der Waals surface area contributed by atoms with E-state index in [2.05, 4.69) is 31.3 Å². The maximum atomic E-state index is 14.1. The SMILES string of the molecule is Cc1cccc2c1N(CC(=O)C1CC1)C(=O)C(NC(=O)Nc1cccc(-c3nnn[nH]3)c1)N=C2C1CCCCC1. The quantitative estimate of drug-likeness (QED) is 0.413.